The molecule has 2 aromatic heterocycles. The molecule has 0 bridgehead atoms. The Kier molecular flexibility index (Phi) is 6.65. The van der Waals surface area contributed by atoms with Crippen molar-refractivity contribution in [3.8, 4) is 0 Å². The summed E-state index contributed by atoms with van der Waals surface area (Å²) in [6.07, 6.45) is 6.55. The van der Waals surface area contributed by atoms with E-state index >= 15 is 0 Å². The molecule has 0 saturated carbocycles. The highest BCUT2D eigenvalue weighted by atomic mass is 79.9. The molecule has 34 heavy (non-hydrogen) atoms. The van der Waals surface area contributed by atoms with Gasteiger partial charge in [0, 0.05) is 17.5 Å². The van der Waals surface area contributed by atoms with Gasteiger partial charge in [0.25, 0.3) is 5.65 Å². The van der Waals surface area contributed by atoms with Gasteiger partial charge < -0.3 is 0 Å². The molecule has 0 fully saturated rings. The zero-order valence-electron chi connectivity index (χ0n) is 18.9. The minimum absolute atomic E-state index is 0.772. The van der Waals surface area contributed by atoms with Gasteiger partial charge in [0.15, 0.2) is 5.44 Å². The van der Waals surface area contributed by atoms with Gasteiger partial charge in [-0.1, -0.05) is 113 Å². The molecule has 0 spiro atoms. The molecule has 5 rings (SSSR count). The molecule has 0 aliphatic rings. The van der Waals surface area contributed by atoms with Gasteiger partial charge in [-0.25, -0.2) is 4.57 Å². The van der Waals surface area contributed by atoms with E-state index in [1.54, 1.807) is 0 Å². The van der Waals surface area contributed by atoms with Crippen molar-refractivity contribution in [2.75, 3.05) is 0 Å². The number of hydrogen-bond donors (Lipinski definition) is 0. The van der Waals surface area contributed by atoms with Crippen LogP contribution < -0.4 is 20.4 Å². The van der Waals surface area contributed by atoms with Crippen LogP contribution in [0.4, 0.5) is 0 Å². The van der Waals surface area contributed by atoms with Gasteiger partial charge in [-0.2, -0.15) is 4.40 Å². The first-order valence-electron chi connectivity index (χ1n) is 11.2. The maximum atomic E-state index is 6.69. The smallest absolute Gasteiger partial charge is 0.223 e. The molecule has 5 heteroatoms. The molecule has 0 N–H and O–H groups in total. The summed E-state index contributed by atoms with van der Waals surface area (Å²) >= 11 is 10.2. The summed E-state index contributed by atoms with van der Waals surface area (Å²) in [6, 6.07) is 33.7. The summed E-state index contributed by atoms with van der Waals surface area (Å²) in [6.45, 7) is 2.98. The maximum Gasteiger partial charge on any atom is 0.287 e. The lowest BCUT2D eigenvalue weighted by Crippen LogP contribution is -2.42. The van der Waals surface area contributed by atoms with E-state index in [2.05, 4.69) is 153 Å². The number of benzene rings is 3. The van der Waals surface area contributed by atoms with Crippen LogP contribution in [0.5, 0.6) is 0 Å². The van der Waals surface area contributed by atoms with E-state index in [0.29, 0.717) is 0 Å². The second-order valence-electron chi connectivity index (χ2n) is 8.18. The molecule has 0 atom stereocenters. The minimum atomic E-state index is -2.29. The van der Waals surface area contributed by atoms with E-state index in [1.807, 2.05) is 0 Å². The van der Waals surface area contributed by atoms with E-state index in [1.165, 1.54) is 27.3 Å². The van der Waals surface area contributed by atoms with Crippen LogP contribution in [0.25, 0.3) is 11.7 Å². The monoisotopic (exact) mass is 543 g/mol. The van der Waals surface area contributed by atoms with Crippen LogP contribution >= 0.6 is 22.0 Å². The number of imidazole rings is 1. The predicted molar refractivity (Wildman–Crippen MR) is 152 cm³/mol. The average molecular weight is 544 g/mol. The number of fused-ring (bicyclic) bond motifs is 1. The Hall–Kier alpha value is -2.78. The standard InChI is InChI=1S/C29H25BrN2PS/c1-23-29(33(34,26-12-4-2-5-13-26)27-14-6-3-7-15-27)32-21-9-8-16-28(32)31(23)22-10-11-24-17-19-25(30)20-18-24/h2-21H,22H2,1H3/q+1/b11-10+. The van der Waals surface area contributed by atoms with Crippen molar-refractivity contribution < 1.29 is 4.40 Å². The van der Waals surface area contributed by atoms with Crippen LogP contribution in [0.1, 0.15) is 11.3 Å². The van der Waals surface area contributed by atoms with E-state index < -0.39 is 6.04 Å². The molecule has 2 nitrogen and oxygen atoms in total. The highest BCUT2D eigenvalue weighted by molar-refractivity contribution is 9.10. The predicted octanol–water partition coefficient (Wildman–Crippen LogP) is 5.77. The Morgan fingerprint density at radius 1 is 0.824 bits per heavy atom. The summed E-state index contributed by atoms with van der Waals surface area (Å²) in [5.74, 6) is 0. The third-order valence-corrected chi connectivity index (χ3v) is 11.6. The molecular weight excluding hydrogens is 519 g/mol. The number of allylic oxidation sites excluding steroid dienone is 1. The fourth-order valence-corrected chi connectivity index (χ4v) is 9.12. The molecule has 5 aromatic rings. The number of pyridine rings is 1. The molecular formula is C29H25BrN2PS+. The molecule has 0 unspecified atom stereocenters. The lowest BCUT2D eigenvalue weighted by Gasteiger charge is -2.21. The fourth-order valence-electron chi connectivity index (χ4n) is 4.45. The first-order valence-corrected chi connectivity index (χ1v) is 14.8. The Morgan fingerprint density at radius 2 is 1.41 bits per heavy atom. The van der Waals surface area contributed by atoms with Gasteiger partial charge >= 0.3 is 0 Å². The van der Waals surface area contributed by atoms with E-state index in [4.69, 9.17) is 11.8 Å². The second kappa shape index (κ2) is 9.84. The molecule has 0 aliphatic heterocycles. The van der Waals surface area contributed by atoms with Gasteiger partial charge in [-0.3, -0.25) is 0 Å². The van der Waals surface area contributed by atoms with E-state index in [9.17, 15) is 0 Å². The maximum absolute atomic E-state index is 6.69. The van der Waals surface area contributed by atoms with Crippen LogP contribution in [0.3, 0.4) is 0 Å². The molecule has 3 aromatic carbocycles. The highest BCUT2D eigenvalue weighted by Crippen LogP contribution is 2.42. The molecule has 0 amide bonds. The van der Waals surface area contributed by atoms with Crippen molar-refractivity contribution in [3.63, 3.8) is 0 Å². The lowest BCUT2D eigenvalue weighted by atomic mass is 10.2. The van der Waals surface area contributed by atoms with Crippen molar-refractivity contribution in [2.45, 2.75) is 13.5 Å². The van der Waals surface area contributed by atoms with E-state index in [-0.39, 0.29) is 0 Å². The van der Waals surface area contributed by atoms with E-state index in [0.717, 1.165) is 16.7 Å². The van der Waals surface area contributed by atoms with Gasteiger partial charge in [0.1, 0.15) is 12.2 Å². The Balaban J connectivity index is 1.68. The summed E-state index contributed by atoms with van der Waals surface area (Å²) in [5, 5.41) is 2.42. The second-order valence-corrected chi connectivity index (χ2v) is 13.4. The highest BCUT2D eigenvalue weighted by Gasteiger charge is 2.36. The molecule has 2 heterocycles. The van der Waals surface area contributed by atoms with Crippen molar-refractivity contribution in [3.05, 3.63) is 131 Å². The average Bonchev–Trinajstić information content (AvgIpc) is 3.17. The summed E-state index contributed by atoms with van der Waals surface area (Å²) in [4.78, 5) is 0. The van der Waals surface area contributed by atoms with Crippen LogP contribution in [0.2, 0.25) is 0 Å². The zero-order chi connectivity index (χ0) is 23.5. The summed E-state index contributed by atoms with van der Waals surface area (Å²) < 4.78 is 5.77. The number of aromatic nitrogens is 2. The van der Waals surface area contributed by atoms with Gasteiger partial charge in [-0.15, -0.1) is 0 Å². The number of halogens is 1. The van der Waals surface area contributed by atoms with Crippen LogP contribution in [-0.4, -0.2) is 4.57 Å². The van der Waals surface area contributed by atoms with Crippen molar-refractivity contribution >= 4 is 61.5 Å². The third-order valence-electron chi connectivity index (χ3n) is 6.08. The number of hydrogen-bond acceptors (Lipinski definition) is 1. The Bertz CT molecular complexity index is 1460. The van der Waals surface area contributed by atoms with Crippen molar-refractivity contribution in [1.29, 1.82) is 0 Å². The fraction of sp³-hybridized carbons (Fsp3) is 0.0690. The van der Waals surface area contributed by atoms with Gasteiger partial charge in [-0.05, 0) is 40.4 Å². The van der Waals surface area contributed by atoms with Gasteiger partial charge in [0.2, 0.25) is 0 Å². The van der Waals surface area contributed by atoms with Crippen molar-refractivity contribution in [2.24, 2.45) is 0 Å². The molecule has 0 saturated heterocycles. The zero-order valence-corrected chi connectivity index (χ0v) is 22.2. The molecule has 168 valence electrons. The van der Waals surface area contributed by atoms with Crippen LogP contribution in [0.15, 0.2) is 120 Å². The quantitative estimate of drug-likeness (QED) is 0.195. The first-order chi connectivity index (χ1) is 16.6. The normalized spacial score (nSPS) is 11.9. The summed E-state index contributed by atoms with van der Waals surface area (Å²) in [5.41, 5.74) is 4.76. The third kappa shape index (κ3) is 4.22. The first kappa shape index (κ1) is 23.0. The molecule has 0 aliphatic carbocycles. The van der Waals surface area contributed by atoms with Crippen LogP contribution in [0, 0.1) is 6.92 Å². The Labute approximate surface area is 214 Å². The van der Waals surface area contributed by atoms with Gasteiger partial charge in [0.05, 0.1) is 12.2 Å². The van der Waals surface area contributed by atoms with Crippen LogP contribution in [-0.2, 0) is 18.4 Å². The van der Waals surface area contributed by atoms with Crippen molar-refractivity contribution in [1.82, 2.24) is 4.57 Å². The lowest BCUT2D eigenvalue weighted by molar-refractivity contribution is -0.490. The molecule has 0 radical (unpaired) electrons. The number of rotatable bonds is 6. The minimum Gasteiger partial charge on any atom is -0.223 e. The number of nitrogens with zero attached hydrogens (tertiary/aromatic N) is 2. The Morgan fingerprint density at radius 3 is 2.03 bits per heavy atom. The largest absolute Gasteiger partial charge is 0.287 e. The SMILES string of the molecule is Cc1c(P(=S)(c2ccccc2)c2ccccc2)[n+]2ccccc2n1C/C=C/c1ccc(Br)cc1. The topological polar surface area (TPSA) is 9.03 Å². The summed E-state index contributed by atoms with van der Waals surface area (Å²) in [7, 11) is 0.